The molecule has 19 nitrogen and oxygen atoms in total. The van der Waals surface area contributed by atoms with Gasteiger partial charge in [-0.3, -0.25) is 4.79 Å². The molecule has 19 heteroatoms. The molecule has 7 unspecified atom stereocenters. The van der Waals surface area contributed by atoms with E-state index >= 15 is 0 Å². The first kappa shape index (κ1) is 38.8. The molecule has 5 rings (SSSR count). The Labute approximate surface area is 288 Å². The zero-order chi connectivity index (χ0) is 36.4. The summed E-state index contributed by atoms with van der Waals surface area (Å²) in [5.41, 5.74) is 37.3. The van der Waals surface area contributed by atoms with Gasteiger partial charge in [-0.2, -0.15) is 0 Å². The van der Waals surface area contributed by atoms with Gasteiger partial charge in [0.25, 0.3) is 5.91 Å². The number of nitrogens with two attached hydrogens (primary N) is 6. The number of aliphatic hydroxyl groups excluding tert-OH is 5. The van der Waals surface area contributed by atoms with Crippen molar-refractivity contribution in [3.8, 4) is 12.3 Å². The number of benzene rings is 1. The molecular weight excluding hydrogens is 662 g/mol. The van der Waals surface area contributed by atoms with Crippen molar-refractivity contribution in [1.82, 2.24) is 0 Å². The Morgan fingerprint density at radius 2 is 1.36 bits per heavy atom. The van der Waals surface area contributed by atoms with Crippen molar-refractivity contribution in [3.63, 3.8) is 0 Å². The number of nitrogens with one attached hydrogen (secondary N) is 1. The molecule has 1 aliphatic carbocycles. The van der Waals surface area contributed by atoms with Crippen molar-refractivity contribution in [1.29, 1.82) is 0 Å². The monoisotopic (exact) mass is 711 g/mol. The lowest BCUT2D eigenvalue weighted by atomic mass is 9.84. The van der Waals surface area contributed by atoms with Crippen LogP contribution in [0.25, 0.3) is 0 Å². The van der Waals surface area contributed by atoms with E-state index in [-0.39, 0.29) is 25.9 Å². The van der Waals surface area contributed by atoms with Crippen molar-refractivity contribution >= 4 is 11.6 Å². The number of terminal acetylenes is 1. The second-order valence-electron chi connectivity index (χ2n) is 13.1. The van der Waals surface area contributed by atoms with Crippen LogP contribution in [0.4, 0.5) is 5.69 Å². The molecule has 18 N–H and O–H groups in total. The molecule has 1 aromatic rings. The van der Waals surface area contributed by atoms with Gasteiger partial charge in [0, 0.05) is 36.4 Å². The van der Waals surface area contributed by atoms with Gasteiger partial charge in [-0.1, -0.05) is 5.92 Å². The summed E-state index contributed by atoms with van der Waals surface area (Å²) in [6.07, 6.45) is -13.2. The predicted molar refractivity (Wildman–Crippen MR) is 173 cm³/mol. The molecule has 0 radical (unpaired) electrons. The van der Waals surface area contributed by atoms with E-state index in [2.05, 4.69) is 11.2 Å². The van der Waals surface area contributed by atoms with Gasteiger partial charge in [0.05, 0.1) is 30.4 Å². The van der Waals surface area contributed by atoms with Gasteiger partial charge in [0.15, 0.2) is 25.0 Å². The van der Waals surface area contributed by atoms with E-state index in [0.29, 0.717) is 11.3 Å². The Morgan fingerprint density at radius 1 is 0.740 bits per heavy atom. The number of hydrogen-bond acceptors (Lipinski definition) is 18. The average Bonchev–Trinajstić information content (AvgIpc) is 3.40. The number of carbonyl (C=O) groups is 1. The molecule has 0 spiro atoms. The fourth-order valence-electron chi connectivity index (χ4n) is 6.57. The van der Waals surface area contributed by atoms with Crippen LogP contribution in [-0.4, -0.2) is 155 Å². The van der Waals surface area contributed by atoms with E-state index in [0.717, 1.165) is 0 Å². The van der Waals surface area contributed by atoms with Gasteiger partial charge in [0.1, 0.15) is 42.7 Å². The van der Waals surface area contributed by atoms with Crippen molar-refractivity contribution in [2.45, 2.75) is 123 Å². The third-order valence-electron chi connectivity index (χ3n) is 9.53. The maximum atomic E-state index is 13.7. The number of rotatable bonds is 10. The summed E-state index contributed by atoms with van der Waals surface area (Å²) >= 11 is 0. The third-order valence-corrected chi connectivity index (χ3v) is 9.53. The number of anilines is 1. The van der Waals surface area contributed by atoms with Crippen LogP contribution in [0.3, 0.4) is 0 Å². The Morgan fingerprint density at radius 3 is 2.00 bits per heavy atom. The Bertz CT molecular complexity index is 1330. The molecule has 4 aliphatic rings. The maximum Gasteiger partial charge on any atom is 0.256 e. The van der Waals surface area contributed by atoms with Gasteiger partial charge in [-0.05, 0) is 37.1 Å². The molecule has 1 amide bonds. The maximum absolute atomic E-state index is 13.7. The van der Waals surface area contributed by atoms with Gasteiger partial charge in [0.2, 0.25) is 0 Å². The fraction of sp³-hybridized carbons (Fsp3) is 0.710. The fourth-order valence-corrected chi connectivity index (χ4v) is 6.57. The van der Waals surface area contributed by atoms with Crippen molar-refractivity contribution in [2.24, 2.45) is 34.4 Å². The van der Waals surface area contributed by atoms with Crippen molar-refractivity contribution < 1.29 is 58.7 Å². The van der Waals surface area contributed by atoms with Crippen LogP contribution in [0.1, 0.15) is 18.4 Å². The van der Waals surface area contributed by atoms with Crippen LogP contribution >= 0.6 is 0 Å². The molecule has 0 aromatic heterocycles. The highest BCUT2D eigenvalue weighted by molar-refractivity contribution is 5.95. The highest BCUT2D eigenvalue weighted by atomic mass is 16.8. The molecule has 0 bridgehead atoms. The topological polar surface area (TPSA) is 342 Å². The lowest BCUT2D eigenvalue weighted by Crippen LogP contribution is -2.66. The van der Waals surface area contributed by atoms with E-state index in [1.165, 1.54) is 0 Å². The summed E-state index contributed by atoms with van der Waals surface area (Å²) < 4.78 is 35.7. The average molecular weight is 712 g/mol. The van der Waals surface area contributed by atoms with E-state index in [1.807, 2.05) is 0 Å². The van der Waals surface area contributed by atoms with E-state index in [1.54, 1.807) is 24.3 Å². The predicted octanol–water partition coefficient (Wildman–Crippen LogP) is -6.24. The quantitative estimate of drug-likeness (QED) is 0.100. The number of ether oxygens (including phenoxy) is 6. The molecule has 1 aromatic carbocycles. The van der Waals surface area contributed by atoms with Crippen LogP contribution < -0.4 is 39.7 Å². The van der Waals surface area contributed by atoms with E-state index in [4.69, 9.17) is 69.2 Å². The lowest BCUT2D eigenvalue weighted by Gasteiger charge is -2.46. The minimum absolute atomic E-state index is 0.0186. The number of aliphatic hydroxyl groups is 5. The number of carbonyl (C=O) groups excluding carboxylic acids is 1. The summed E-state index contributed by atoms with van der Waals surface area (Å²) in [6.45, 7) is -0.228. The molecular formula is C31H49N7O12. The molecule has 50 heavy (non-hydrogen) atoms. The third kappa shape index (κ3) is 8.12. The molecule has 3 aliphatic heterocycles. The molecule has 1 saturated carbocycles. The first-order valence-electron chi connectivity index (χ1n) is 16.4. The zero-order valence-corrected chi connectivity index (χ0v) is 27.2. The second kappa shape index (κ2) is 16.5. The van der Waals surface area contributed by atoms with E-state index in [9.17, 15) is 30.3 Å². The summed E-state index contributed by atoms with van der Waals surface area (Å²) in [5.74, 6) is 1.69. The normalized spacial score (nSPS) is 45.2. The summed E-state index contributed by atoms with van der Waals surface area (Å²) in [6, 6.07) is 2.47. The minimum atomic E-state index is -1.75. The van der Waals surface area contributed by atoms with Crippen LogP contribution in [0.2, 0.25) is 0 Å². The molecule has 3 heterocycles. The number of amides is 1. The lowest BCUT2D eigenvalue weighted by molar-refractivity contribution is -0.295. The largest absolute Gasteiger partial charge is 0.390 e. The minimum Gasteiger partial charge on any atom is -0.390 e. The van der Waals surface area contributed by atoms with Crippen LogP contribution in [0.15, 0.2) is 24.3 Å². The summed E-state index contributed by atoms with van der Waals surface area (Å²) in [7, 11) is 0. The van der Waals surface area contributed by atoms with Crippen molar-refractivity contribution in [3.05, 3.63) is 29.8 Å². The Hall–Kier alpha value is -2.43. The zero-order valence-electron chi connectivity index (χ0n) is 27.2. The molecule has 3 saturated heterocycles. The van der Waals surface area contributed by atoms with Gasteiger partial charge in [-0.25, -0.2) is 0 Å². The molecule has 280 valence electrons. The van der Waals surface area contributed by atoms with Gasteiger partial charge in [-0.15, -0.1) is 6.42 Å². The smallest absolute Gasteiger partial charge is 0.256 e. The second-order valence-corrected chi connectivity index (χ2v) is 13.1. The van der Waals surface area contributed by atoms with E-state index < -0.39 is 116 Å². The van der Waals surface area contributed by atoms with Crippen LogP contribution in [0.5, 0.6) is 0 Å². The highest BCUT2D eigenvalue weighted by Crippen LogP contribution is 2.35. The Kier molecular flexibility index (Phi) is 12.8. The van der Waals surface area contributed by atoms with Crippen molar-refractivity contribution in [2.75, 3.05) is 18.4 Å². The SMILES string of the molecule is C#Cc1ccc(NC(=O)[C@H]2O[C@@H](OC3[C@H](O[C@H]4OC(CN)[C@@H](O)C[C@@H]4N)C(N)C[C@@H](N)[C@H]3O)[C@H](O)C2O[C@H]2OC(CN)[C@@H](O)C(O)C2N)cc1. The standard InChI is InChI=1S/C31H49N7O12/c1-2-11-3-5-12(6-4-11)38-28(44)27-26(48-30-19(37)22(42)21(41)18(10-33)46-30)23(43)31(50-27)49-25-20(40)13(34)7-14(35)24(25)47-29-15(36)8-16(39)17(9-32)45-29/h1,3-6,13-27,29-31,39-43H,7-10,32-37H2,(H,38,44)/t13-,14?,15+,16+,17?,18?,19?,20-,21-,22?,23-,24-,25?,26?,27+,29-,30-,31-/m1/s1. The number of hydrogen-bond donors (Lipinski definition) is 12. The summed E-state index contributed by atoms with van der Waals surface area (Å²) in [4.78, 5) is 13.7. The van der Waals surface area contributed by atoms with Crippen LogP contribution in [0, 0.1) is 12.3 Å². The van der Waals surface area contributed by atoms with Gasteiger partial charge >= 0.3 is 0 Å². The van der Waals surface area contributed by atoms with Crippen LogP contribution in [-0.2, 0) is 33.2 Å². The molecule has 4 fully saturated rings. The Balaban J connectivity index is 1.39. The first-order valence-corrected chi connectivity index (χ1v) is 16.4. The highest BCUT2D eigenvalue weighted by Gasteiger charge is 2.55. The van der Waals surface area contributed by atoms with Gasteiger partial charge < -0.3 is 93.7 Å². The molecule has 18 atom stereocenters. The summed E-state index contributed by atoms with van der Waals surface area (Å²) in [5, 5.41) is 56.6. The first-order chi connectivity index (χ1) is 23.8.